The Balaban J connectivity index is 2.25. The van der Waals surface area contributed by atoms with Gasteiger partial charge in [0.15, 0.2) is 0 Å². The van der Waals surface area contributed by atoms with Crippen LogP contribution in [0.2, 0.25) is 0 Å². The molecule has 1 aliphatic heterocycles. The average molecular weight is 502 g/mol. The highest BCUT2D eigenvalue weighted by atomic mass is 32.2. The van der Waals surface area contributed by atoms with Crippen LogP contribution in [0.4, 0.5) is 0 Å². The molecule has 7 nitrogen and oxygen atoms in total. The van der Waals surface area contributed by atoms with Gasteiger partial charge in [0.1, 0.15) is 12.1 Å². The van der Waals surface area contributed by atoms with E-state index in [0.717, 1.165) is 38.0 Å². The Kier molecular flexibility index (Phi) is 17.8. The van der Waals surface area contributed by atoms with Crippen LogP contribution in [0.15, 0.2) is 0 Å². The maximum Gasteiger partial charge on any atom is 0.243 e. The normalized spacial score (nSPS) is 20.3. The Morgan fingerprint density at radius 2 is 1.44 bits per heavy atom. The molecule has 200 valence electrons. The fourth-order valence-corrected chi connectivity index (χ4v) is 5.01. The Morgan fingerprint density at radius 1 is 0.853 bits per heavy atom. The van der Waals surface area contributed by atoms with E-state index < -0.39 is 18.2 Å². The first-order valence-corrected chi connectivity index (χ1v) is 14.9. The summed E-state index contributed by atoms with van der Waals surface area (Å²) in [6.45, 7) is 5.87. The van der Waals surface area contributed by atoms with Gasteiger partial charge in [0.05, 0.1) is 12.2 Å². The van der Waals surface area contributed by atoms with Crippen LogP contribution in [0.1, 0.15) is 97.3 Å². The van der Waals surface area contributed by atoms with Gasteiger partial charge in [-0.25, -0.2) is 0 Å². The summed E-state index contributed by atoms with van der Waals surface area (Å²) < 4.78 is 0. The number of unbranched alkanes of at least 4 members (excludes halogenated alkanes) is 8. The molecule has 1 saturated heterocycles. The zero-order valence-corrected chi connectivity index (χ0v) is 22.7. The van der Waals surface area contributed by atoms with Gasteiger partial charge in [-0.15, -0.1) is 0 Å². The third-order valence-corrected chi connectivity index (χ3v) is 7.12. The van der Waals surface area contributed by atoms with Crippen LogP contribution in [-0.2, 0) is 9.59 Å². The second-order valence-corrected chi connectivity index (χ2v) is 10.9. The van der Waals surface area contributed by atoms with Gasteiger partial charge in [-0.3, -0.25) is 14.5 Å². The Hall–Kier alpha value is -0.830. The minimum Gasteiger partial charge on any atom is -0.392 e. The van der Waals surface area contributed by atoms with Crippen molar-refractivity contribution in [3.63, 3.8) is 0 Å². The Morgan fingerprint density at radius 3 is 2.03 bits per heavy atom. The SMILES string of the molecule is CCCCCCCCCCC(O)CN(CCCCC1NC(=O)C(CCSC)NC1=O)CC(C)O. The fraction of sp³-hybridized carbons (Fsp3) is 0.923. The predicted molar refractivity (Wildman–Crippen MR) is 142 cm³/mol. The molecule has 1 fully saturated rings. The van der Waals surface area contributed by atoms with Crippen LogP contribution in [0.25, 0.3) is 0 Å². The van der Waals surface area contributed by atoms with E-state index in [1.165, 1.54) is 44.9 Å². The number of carbonyl (C=O) groups excluding carboxylic acids is 2. The molecule has 1 rings (SSSR count). The van der Waals surface area contributed by atoms with Crippen LogP contribution in [-0.4, -0.2) is 82.9 Å². The minimum absolute atomic E-state index is 0.0848. The highest BCUT2D eigenvalue weighted by Crippen LogP contribution is 2.13. The van der Waals surface area contributed by atoms with Crippen molar-refractivity contribution in [1.29, 1.82) is 0 Å². The Labute approximate surface area is 212 Å². The van der Waals surface area contributed by atoms with Crippen molar-refractivity contribution in [2.24, 2.45) is 0 Å². The van der Waals surface area contributed by atoms with Crippen LogP contribution >= 0.6 is 11.8 Å². The monoisotopic (exact) mass is 501 g/mol. The molecule has 4 unspecified atom stereocenters. The second kappa shape index (κ2) is 19.4. The van der Waals surface area contributed by atoms with Gasteiger partial charge in [-0.1, -0.05) is 58.3 Å². The number of piperazine rings is 1. The first-order chi connectivity index (χ1) is 16.4. The van der Waals surface area contributed by atoms with Gasteiger partial charge in [-0.05, 0) is 57.6 Å². The van der Waals surface area contributed by atoms with Crippen molar-refractivity contribution in [3.8, 4) is 0 Å². The maximum atomic E-state index is 12.3. The summed E-state index contributed by atoms with van der Waals surface area (Å²) in [4.78, 5) is 26.7. The number of nitrogens with one attached hydrogen (secondary N) is 2. The summed E-state index contributed by atoms with van der Waals surface area (Å²) in [6, 6.07) is -0.879. The molecule has 8 heteroatoms. The summed E-state index contributed by atoms with van der Waals surface area (Å²) in [6.07, 6.45) is 14.9. The van der Waals surface area contributed by atoms with Crippen molar-refractivity contribution in [2.75, 3.05) is 31.6 Å². The van der Waals surface area contributed by atoms with E-state index in [-0.39, 0.29) is 17.9 Å². The molecule has 2 amide bonds. The number of rotatable bonds is 21. The van der Waals surface area contributed by atoms with E-state index >= 15 is 0 Å². The standard InChI is InChI=1S/C26H51N3O4S/c1-4-5-6-7-8-9-10-11-14-22(31)20-29(19-21(2)30)17-13-12-15-23-25(32)28-24(16-18-34-3)26(33)27-23/h21-24,30-31H,4-20H2,1-3H3,(H,27,33)(H,28,32). The number of hydrogen-bond donors (Lipinski definition) is 4. The van der Waals surface area contributed by atoms with E-state index in [1.54, 1.807) is 18.7 Å². The fourth-order valence-electron chi connectivity index (χ4n) is 4.54. The molecular formula is C26H51N3O4S. The molecule has 0 aliphatic carbocycles. The van der Waals surface area contributed by atoms with Gasteiger partial charge in [0.2, 0.25) is 11.8 Å². The molecule has 0 aromatic carbocycles. The molecular weight excluding hydrogens is 450 g/mol. The zero-order chi connectivity index (χ0) is 25.2. The minimum atomic E-state index is -0.462. The largest absolute Gasteiger partial charge is 0.392 e. The zero-order valence-electron chi connectivity index (χ0n) is 21.9. The number of aliphatic hydroxyl groups excluding tert-OH is 2. The number of nitrogens with zero attached hydrogens (tertiary/aromatic N) is 1. The predicted octanol–water partition coefficient (Wildman–Crippen LogP) is 3.47. The van der Waals surface area contributed by atoms with Crippen molar-refractivity contribution in [2.45, 2.75) is 122 Å². The Bertz CT molecular complexity index is 550. The highest BCUT2D eigenvalue weighted by Gasteiger charge is 2.32. The first kappa shape index (κ1) is 31.2. The van der Waals surface area contributed by atoms with E-state index in [4.69, 9.17) is 0 Å². The van der Waals surface area contributed by atoms with Crippen LogP contribution in [0.5, 0.6) is 0 Å². The number of aliphatic hydroxyl groups is 2. The van der Waals surface area contributed by atoms with E-state index in [0.29, 0.717) is 25.9 Å². The molecule has 0 bridgehead atoms. The summed E-state index contributed by atoms with van der Waals surface area (Å²) >= 11 is 1.66. The lowest BCUT2D eigenvalue weighted by atomic mass is 10.0. The summed E-state index contributed by atoms with van der Waals surface area (Å²) in [7, 11) is 0. The van der Waals surface area contributed by atoms with E-state index in [9.17, 15) is 19.8 Å². The van der Waals surface area contributed by atoms with E-state index in [2.05, 4.69) is 22.5 Å². The number of amides is 2. The topological polar surface area (TPSA) is 102 Å². The third kappa shape index (κ3) is 14.5. The number of thioether (sulfide) groups is 1. The van der Waals surface area contributed by atoms with Gasteiger partial charge in [0.25, 0.3) is 0 Å². The molecule has 4 atom stereocenters. The van der Waals surface area contributed by atoms with Crippen molar-refractivity contribution in [1.82, 2.24) is 15.5 Å². The smallest absolute Gasteiger partial charge is 0.243 e. The van der Waals surface area contributed by atoms with Crippen molar-refractivity contribution < 1.29 is 19.8 Å². The molecule has 1 aliphatic rings. The lowest BCUT2D eigenvalue weighted by Crippen LogP contribution is -2.61. The van der Waals surface area contributed by atoms with Gasteiger partial charge in [-0.2, -0.15) is 11.8 Å². The van der Waals surface area contributed by atoms with Gasteiger partial charge in [0, 0.05) is 13.1 Å². The van der Waals surface area contributed by atoms with E-state index in [1.807, 2.05) is 6.26 Å². The third-order valence-electron chi connectivity index (χ3n) is 6.48. The average Bonchev–Trinajstić information content (AvgIpc) is 2.78. The molecule has 1 heterocycles. The second-order valence-electron chi connectivity index (χ2n) is 9.93. The first-order valence-electron chi connectivity index (χ1n) is 13.6. The molecule has 0 aromatic rings. The van der Waals surface area contributed by atoms with Gasteiger partial charge < -0.3 is 20.8 Å². The maximum absolute atomic E-state index is 12.3. The van der Waals surface area contributed by atoms with Crippen LogP contribution in [0.3, 0.4) is 0 Å². The summed E-state index contributed by atoms with van der Waals surface area (Å²) in [5.74, 6) is 0.665. The molecule has 4 N–H and O–H groups in total. The lowest BCUT2D eigenvalue weighted by Gasteiger charge is -2.30. The summed E-state index contributed by atoms with van der Waals surface area (Å²) in [5, 5.41) is 26.1. The van der Waals surface area contributed by atoms with Crippen LogP contribution in [0, 0.1) is 0 Å². The van der Waals surface area contributed by atoms with Crippen LogP contribution < -0.4 is 10.6 Å². The van der Waals surface area contributed by atoms with Crippen molar-refractivity contribution in [3.05, 3.63) is 0 Å². The number of carbonyl (C=O) groups is 2. The number of hydrogen-bond acceptors (Lipinski definition) is 6. The van der Waals surface area contributed by atoms with Crippen molar-refractivity contribution >= 4 is 23.6 Å². The molecule has 0 aromatic heterocycles. The lowest BCUT2D eigenvalue weighted by molar-refractivity contribution is -0.137. The molecule has 0 spiro atoms. The highest BCUT2D eigenvalue weighted by molar-refractivity contribution is 7.98. The molecule has 0 saturated carbocycles. The summed E-state index contributed by atoms with van der Waals surface area (Å²) in [5.41, 5.74) is 0. The quantitative estimate of drug-likeness (QED) is 0.180. The molecule has 34 heavy (non-hydrogen) atoms. The van der Waals surface area contributed by atoms with Gasteiger partial charge >= 0.3 is 0 Å². The molecule has 0 radical (unpaired) electrons.